The molecule has 1 fully saturated rings. The Morgan fingerprint density at radius 1 is 1.30 bits per heavy atom. The Morgan fingerprint density at radius 2 is 2.00 bits per heavy atom. The molecule has 1 aliphatic carbocycles. The molecule has 1 saturated carbocycles. The first kappa shape index (κ1) is 15.6. The Hall–Kier alpha value is -0.830. The molecule has 0 aliphatic heterocycles. The van der Waals surface area contributed by atoms with Crippen molar-refractivity contribution in [2.24, 2.45) is 11.3 Å². The Kier molecular flexibility index (Phi) is 4.58. The van der Waals surface area contributed by atoms with Gasteiger partial charge in [-0.2, -0.15) is 4.98 Å². The SMILES string of the molecule is CC1CC(Oc2cc(Cl)nc(C(C)C)n2)CC(C)(C)C1. The summed E-state index contributed by atoms with van der Waals surface area (Å²) in [5, 5.41) is 0.460. The van der Waals surface area contributed by atoms with E-state index in [9.17, 15) is 0 Å². The minimum absolute atomic E-state index is 0.222. The molecule has 2 atom stereocenters. The van der Waals surface area contributed by atoms with Crippen LogP contribution in [0, 0.1) is 11.3 Å². The third kappa shape index (κ3) is 4.08. The molecule has 112 valence electrons. The van der Waals surface area contributed by atoms with Crippen molar-refractivity contribution >= 4 is 11.6 Å². The van der Waals surface area contributed by atoms with Crippen LogP contribution in [0.1, 0.15) is 65.6 Å². The predicted molar refractivity (Wildman–Crippen MR) is 82.3 cm³/mol. The first-order chi connectivity index (χ1) is 9.25. The van der Waals surface area contributed by atoms with Crippen LogP contribution in [0.2, 0.25) is 5.15 Å². The van der Waals surface area contributed by atoms with Crippen LogP contribution < -0.4 is 4.74 Å². The van der Waals surface area contributed by atoms with Gasteiger partial charge in [-0.05, 0) is 30.6 Å². The topological polar surface area (TPSA) is 35.0 Å². The summed E-state index contributed by atoms with van der Waals surface area (Å²) in [7, 11) is 0. The zero-order chi connectivity index (χ0) is 14.9. The highest BCUT2D eigenvalue weighted by atomic mass is 35.5. The molecule has 0 saturated heterocycles. The molecule has 1 aromatic heterocycles. The van der Waals surface area contributed by atoms with Crippen molar-refractivity contribution in [1.29, 1.82) is 0 Å². The van der Waals surface area contributed by atoms with Crippen molar-refractivity contribution in [3.8, 4) is 5.88 Å². The molecule has 20 heavy (non-hydrogen) atoms. The van der Waals surface area contributed by atoms with Gasteiger partial charge < -0.3 is 4.74 Å². The number of rotatable bonds is 3. The molecule has 2 unspecified atom stereocenters. The number of hydrogen-bond acceptors (Lipinski definition) is 3. The van der Waals surface area contributed by atoms with E-state index in [4.69, 9.17) is 16.3 Å². The fourth-order valence-corrected chi connectivity index (χ4v) is 3.43. The lowest BCUT2D eigenvalue weighted by Crippen LogP contribution is -2.34. The summed E-state index contributed by atoms with van der Waals surface area (Å²) in [5.41, 5.74) is 0.333. The van der Waals surface area contributed by atoms with Crippen LogP contribution >= 0.6 is 11.6 Å². The molecular formula is C16H25ClN2O. The molecular weight excluding hydrogens is 272 g/mol. The average molecular weight is 297 g/mol. The Bertz CT molecular complexity index is 474. The molecule has 0 aromatic carbocycles. The Morgan fingerprint density at radius 3 is 2.60 bits per heavy atom. The first-order valence-electron chi connectivity index (χ1n) is 7.46. The van der Waals surface area contributed by atoms with Crippen molar-refractivity contribution in [3.05, 3.63) is 17.0 Å². The van der Waals surface area contributed by atoms with E-state index in [1.807, 2.05) is 0 Å². The van der Waals surface area contributed by atoms with Gasteiger partial charge in [0.25, 0.3) is 0 Å². The van der Waals surface area contributed by atoms with Gasteiger partial charge >= 0.3 is 0 Å². The number of halogens is 1. The zero-order valence-electron chi connectivity index (χ0n) is 13.1. The zero-order valence-corrected chi connectivity index (χ0v) is 13.9. The molecule has 1 aromatic rings. The standard InChI is InChI=1S/C16H25ClN2O/c1-10(2)15-18-13(17)7-14(19-15)20-12-6-11(3)8-16(4,5)9-12/h7,10-12H,6,8-9H2,1-5H3. The van der Waals surface area contributed by atoms with Gasteiger partial charge in [0, 0.05) is 12.0 Å². The van der Waals surface area contributed by atoms with Crippen LogP contribution in [0.15, 0.2) is 6.07 Å². The second-order valence-electron chi connectivity index (χ2n) is 7.20. The summed E-state index contributed by atoms with van der Waals surface area (Å²) in [6, 6.07) is 1.72. The summed E-state index contributed by atoms with van der Waals surface area (Å²) in [6.07, 6.45) is 3.63. The van der Waals surface area contributed by atoms with Crippen molar-refractivity contribution in [3.63, 3.8) is 0 Å². The van der Waals surface area contributed by atoms with Crippen LogP contribution in [0.3, 0.4) is 0 Å². The van der Waals surface area contributed by atoms with E-state index in [1.165, 1.54) is 6.42 Å². The second kappa shape index (κ2) is 5.88. The van der Waals surface area contributed by atoms with E-state index in [1.54, 1.807) is 6.07 Å². The van der Waals surface area contributed by atoms with Crippen LogP contribution in [-0.4, -0.2) is 16.1 Å². The molecule has 0 bridgehead atoms. The van der Waals surface area contributed by atoms with Crippen LogP contribution in [0.4, 0.5) is 0 Å². The normalized spacial score (nSPS) is 25.8. The van der Waals surface area contributed by atoms with Crippen LogP contribution in [0.5, 0.6) is 5.88 Å². The minimum Gasteiger partial charge on any atom is -0.474 e. The minimum atomic E-state index is 0.222. The molecule has 2 rings (SSSR count). The number of ether oxygens (including phenoxy) is 1. The van der Waals surface area contributed by atoms with E-state index in [0.717, 1.165) is 18.7 Å². The molecule has 0 radical (unpaired) electrons. The van der Waals surface area contributed by atoms with Gasteiger partial charge in [0.1, 0.15) is 17.1 Å². The highest BCUT2D eigenvalue weighted by Gasteiger charge is 2.33. The predicted octanol–water partition coefficient (Wildman–Crippen LogP) is 4.85. The smallest absolute Gasteiger partial charge is 0.218 e. The lowest BCUT2D eigenvalue weighted by Gasteiger charge is -2.38. The summed E-state index contributed by atoms with van der Waals surface area (Å²) in [5.74, 6) is 2.29. The molecule has 0 amide bonds. The van der Waals surface area contributed by atoms with Crippen molar-refractivity contribution < 1.29 is 4.74 Å². The van der Waals surface area contributed by atoms with Crippen molar-refractivity contribution in [2.45, 2.75) is 65.9 Å². The Labute approximate surface area is 127 Å². The van der Waals surface area contributed by atoms with Gasteiger partial charge in [-0.1, -0.05) is 46.2 Å². The highest BCUT2D eigenvalue weighted by Crippen LogP contribution is 2.39. The lowest BCUT2D eigenvalue weighted by molar-refractivity contribution is 0.0530. The molecule has 1 heterocycles. The van der Waals surface area contributed by atoms with Crippen molar-refractivity contribution in [1.82, 2.24) is 9.97 Å². The maximum Gasteiger partial charge on any atom is 0.218 e. The van der Waals surface area contributed by atoms with Gasteiger partial charge in [-0.25, -0.2) is 4.98 Å². The lowest BCUT2D eigenvalue weighted by atomic mass is 9.71. The van der Waals surface area contributed by atoms with E-state index < -0.39 is 0 Å². The van der Waals surface area contributed by atoms with Gasteiger partial charge in [0.05, 0.1) is 0 Å². The third-order valence-electron chi connectivity index (χ3n) is 3.84. The summed E-state index contributed by atoms with van der Waals surface area (Å²) in [4.78, 5) is 8.73. The fourth-order valence-electron chi connectivity index (χ4n) is 3.25. The van der Waals surface area contributed by atoms with E-state index in [0.29, 0.717) is 22.4 Å². The highest BCUT2D eigenvalue weighted by molar-refractivity contribution is 6.29. The van der Waals surface area contributed by atoms with Gasteiger partial charge in [0.15, 0.2) is 0 Å². The van der Waals surface area contributed by atoms with Gasteiger partial charge in [0.2, 0.25) is 5.88 Å². The van der Waals surface area contributed by atoms with E-state index in [2.05, 4.69) is 44.6 Å². The molecule has 1 aliphatic rings. The summed E-state index contributed by atoms with van der Waals surface area (Å²) in [6.45, 7) is 11.0. The summed E-state index contributed by atoms with van der Waals surface area (Å²) >= 11 is 6.07. The summed E-state index contributed by atoms with van der Waals surface area (Å²) < 4.78 is 6.10. The van der Waals surface area contributed by atoms with Gasteiger partial charge in [-0.15, -0.1) is 0 Å². The monoisotopic (exact) mass is 296 g/mol. The number of nitrogens with zero attached hydrogens (tertiary/aromatic N) is 2. The van der Waals surface area contributed by atoms with Crippen LogP contribution in [-0.2, 0) is 0 Å². The maximum atomic E-state index is 6.10. The van der Waals surface area contributed by atoms with E-state index >= 15 is 0 Å². The molecule has 0 N–H and O–H groups in total. The van der Waals surface area contributed by atoms with Crippen LogP contribution in [0.25, 0.3) is 0 Å². The fraction of sp³-hybridized carbons (Fsp3) is 0.750. The second-order valence-corrected chi connectivity index (χ2v) is 7.58. The average Bonchev–Trinajstić information content (AvgIpc) is 2.24. The molecule has 4 heteroatoms. The molecule has 0 spiro atoms. The maximum absolute atomic E-state index is 6.10. The number of hydrogen-bond donors (Lipinski definition) is 0. The number of aromatic nitrogens is 2. The first-order valence-corrected chi connectivity index (χ1v) is 7.84. The third-order valence-corrected chi connectivity index (χ3v) is 4.03. The quantitative estimate of drug-likeness (QED) is 0.748. The largest absolute Gasteiger partial charge is 0.474 e. The van der Waals surface area contributed by atoms with Crippen molar-refractivity contribution in [2.75, 3.05) is 0 Å². The molecule has 3 nitrogen and oxygen atoms in total. The van der Waals surface area contributed by atoms with Gasteiger partial charge in [-0.3, -0.25) is 0 Å². The van der Waals surface area contributed by atoms with E-state index in [-0.39, 0.29) is 12.0 Å². The Balaban J connectivity index is 2.13.